The van der Waals surface area contributed by atoms with Gasteiger partial charge in [0.15, 0.2) is 0 Å². The number of rotatable bonds is 4. The molecule has 2 aromatic carbocycles. The first-order valence-electron chi connectivity index (χ1n) is 9.31. The van der Waals surface area contributed by atoms with Crippen LogP contribution in [0, 0.1) is 0 Å². The van der Waals surface area contributed by atoms with Gasteiger partial charge in [0.05, 0.1) is 5.69 Å². The predicted octanol–water partition coefficient (Wildman–Crippen LogP) is 8.80. The van der Waals surface area contributed by atoms with Crippen molar-refractivity contribution in [3.63, 3.8) is 0 Å². The largest absolute Gasteiger partial charge is 0.508 e. The first kappa shape index (κ1) is 29.8. The molecule has 0 aliphatic rings. The maximum absolute atomic E-state index is 8.94. The molecule has 1 aromatic heterocycles. The number of phenols is 1. The van der Waals surface area contributed by atoms with E-state index in [1.807, 2.05) is 68.5 Å². The molecule has 0 amide bonds. The standard InChI is InChI=1S/C13H13NO.C8H10O.C2H6.CH4.I2/c1-2-12-10-15-13(14-12)9-8-11-6-4-3-5-7-11;1-2-7-4-3-5-8(9)6-7;1-2;;1-2/h3-10H,2H2,1H3;3-6,9H,2H2,1H3;1-2H3;1H4;. The highest BCUT2D eigenvalue weighted by Gasteiger charge is 1.97. The van der Waals surface area contributed by atoms with Crippen molar-refractivity contribution in [1.29, 1.82) is 0 Å². The van der Waals surface area contributed by atoms with Gasteiger partial charge in [0.1, 0.15) is 12.0 Å². The lowest BCUT2D eigenvalue weighted by Crippen LogP contribution is -1.78. The average molecular weight is 621 g/mol. The number of benzene rings is 2. The molecule has 3 aromatic rings. The first-order chi connectivity index (χ1) is 13.7. The monoisotopic (exact) mass is 621 g/mol. The molecule has 5 heteroatoms. The van der Waals surface area contributed by atoms with Gasteiger partial charge in [-0.3, -0.25) is 0 Å². The fourth-order valence-corrected chi connectivity index (χ4v) is 2.07. The molecule has 0 aliphatic carbocycles. The van der Waals surface area contributed by atoms with Crippen LogP contribution in [0.5, 0.6) is 5.75 Å². The Labute approximate surface area is 200 Å². The molecule has 3 nitrogen and oxygen atoms in total. The van der Waals surface area contributed by atoms with E-state index in [2.05, 4.69) is 56.1 Å². The molecular formula is C24H33I2NO2. The quantitative estimate of drug-likeness (QED) is 0.297. The van der Waals surface area contributed by atoms with E-state index in [4.69, 9.17) is 9.52 Å². The van der Waals surface area contributed by atoms with Gasteiger partial charge in [0.25, 0.3) is 0 Å². The van der Waals surface area contributed by atoms with Crippen LogP contribution in [0.3, 0.4) is 0 Å². The zero-order valence-corrected chi connectivity index (χ0v) is 21.2. The van der Waals surface area contributed by atoms with E-state index >= 15 is 0 Å². The van der Waals surface area contributed by atoms with Crippen molar-refractivity contribution in [2.24, 2.45) is 0 Å². The van der Waals surface area contributed by atoms with Gasteiger partial charge in [0, 0.05) is 43.3 Å². The summed E-state index contributed by atoms with van der Waals surface area (Å²) in [5, 5.41) is 8.94. The Morgan fingerprint density at radius 1 is 0.931 bits per heavy atom. The van der Waals surface area contributed by atoms with E-state index in [9.17, 15) is 0 Å². The Morgan fingerprint density at radius 3 is 2.07 bits per heavy atom. The van der Waals surface area contributed by atoms with Crippen molar-refractivity contribution in [1.82, 2.24) is 4.98 Å². The first-order valence-corrected chi connectivity index (χ1v) is 15.6. The number of halogens is 2. The Balaban J connectivity index is 0. The molecule has 0 saturated heterocycles. The Bertz CT molecular complexity index is 771. The molecule has 0 unspecified atom stereocenters. The highest BCUT2D eigenvalue weighted by Crippen LogP contribution is 2.10. The van der Waals surface area contributed by atoms with Crippen LogP contribution in [-0.2, 0) is 12.8 Å². The van der Waals surface area contributed by atoms with Crippen LogP contribution in [0.4, 0.5) is 0 Å². The molecule has 0 atom stereocenters. The normalized spacial score (nSPS) is 9.03. The number of aryl methyl sites for hydroxylation is 2. The van der Waals surface area contributed by atoms with E-state index in [1.54, 1.807) is 18.4 Å². The highest BCUT2D eigenvalue weighted by molar-refractivity contribution is 15.0. The van der Waals surface area contributed by atoms with Gasteiger partial charge in [-0.1, -0.05) is 77.6 Å². The Kier molecular flexibility index (Phi) is 20.5. The van der Waals surface area contributed by atoms with Crippen molar-refractivity contribution >= 4 is 49.4 Å². The maximum atomic E-state index is 8.94. The molecule has 1 heterocycles. The van der Waals surface area contributed by atoms with Crippen LogP contribution < -0.4 is 0 Å². The molecule has 160 valence electrons. The van der Waals surface area contributed by atoms with Crippen molar-refractivity contribution in [3.8, 4) is 5.75 Å². The third-order valence-electron chi connectivity index (χ3n) is 3.47. The van der Waals surface area contributed by atoms with Crippen molar-refractivity contribution < 1.29 is 9.52 Å². The second-order valence-corrected chi connectivity index (χ2v) is 5.30. The minimum Gasteiger partial charge on any atom is -0.508 e. The molecule has 0 fully saturated rings. The second-order valence-electron chi connectivity index (χ2n) is 5.30. The van der Waals surface area contributed by atoms with Crippen LogP contribution >= 0.6 is 37.2 Å². The van der Waals surface area contributed by atoms with Gasteiger partial charge in [0.2, 0.25) is 5.89 Å². The average Bonchev–Trinajstić information content (AvgIpc) is 3.24. The van der Waals surface area contributed by atoms with Crippen molar-refractivity contribution in [3.05, 3.63) is 83.6 Å². The zero-order chi connectivity index (χ0) is 21.2. The van der Waals surface area contributed by atoms with Gasteiger partial charge in [-0.2, -0.15) is 0 Å². The van der Waals surface area contributed by atoms with E-state index < -0.39 is 0 Å². The molecule has 0 saturated carbocycles. The summed E-state index contributed by atoms with van der Waals surface area (Å²) in [5.41, 5.74) is 3.31. The molecule has 29 heavy (non-hydrogen) atoms. The number of nitrogens with zero attached hydrogens (tertiary/aromatic N) is 1. The van der Waals surface area contributed by atoms with Crippen LogP contribution in [0.15, 0.2) is 65.3 Å². The summed E-state index contributed by atoms with van der Waals surface area (Å²) in [6, 6.07) is 17.4. The van der Waals surface area contributed by atoms with Gasteiger partial charge < -0.3 is 9.52 Å². The minimum atomic E-state index is 0. The third kappa shape index (κ3) is 13.5. The number of oxazole rings is 1. The van der Waals surface area contributed by atoms with Crippen LogP contribution in [0.25, 0.3) is 12.2 Å². The van der Waals surface area contributed by atoms with Crippen LogP contribution in [0.1, 0.15) is 57.8 Å². The lowest BCUT2D eigenvalue weighted by atomic mass is 10.2. The Morgan fingerprint density at radius 2 is 1.59 bits per heavy atom. The molecule has 0 bridgehead atoms. The van der Waals surface area contributed by atoms with Crippen molar-refractivity contribution in [2.45, 2.75) is 48.0 Å². The SMILES string of the molecule is C.CC.CCc1cccc(O)c1.CCc1coc(C=Cc2ccccc2)n1.II. The minimum absolute atomic E-state index is 0. The number of phenolic OH excluding ortho intramolecular Hbond substituents is 1. The highest BCUT2D eigenvalue weighted by atomic mass is 128. The topological polar surface area (TPSA) is 46.3 Å². The lowest BCUT2D eigenvalue weighted by Gasteiger charge is -1.94. The van der Waals surface area contributed by atoms with E-state index in [-0.39, 0.29) is 7.43 Å². The van der Waals surface area contributed by atoms with Gasteiger partial charge in [-0.25, -0.2) is 4.98 Å². The smallest absolute Gasteiger partial charge is 0.218 e. The van der Waals surface area contributed by atoms with Crippen LogP contribution in [-0.4, -0.2) is 10.1 Å². The number of hydrogen-bond donors (Lipinski definition) is 1. The van der Waals surface area contributed by atoms with Gasteiger partial charge in [-0.15, -0.1) is 0 Å². The number of aromatic nitrogens is 1. The molecule has 3 rings (SSSR count). The summed E-state index contributed by atoms with van der Waals surface area (Å²) in [6.45, 7) is 8.12. The van der Waals surface area contributed by atoms with E-state index in [1.165, 1.54) is 5.56 Å². The molecule has 0 radical (unpaired) electrons. The van der Waals surface area contributed by atoms with Crippen LogP contribution in [0.2, 0.25) is 0 Å². The Hall–Kier alpha value is -1.35. The van der Waals surface area contributed by atoms with Gasteiger partial charge >= 0.3 is 0 Å². The zero-order valence-electron chi connectivity index (χ0n) is 16.9. The molecular weight excluding hydrogens is 588 g/mol. The maximum Gasteiger partial charge on any atom is 0.218 e. The van der Waals surface area contributed by atoms with Crippen molar-refractivity contribution in [2.75, 3.05) is 0 Å². The number of hydrogen-bond acceptors (Lipinski definition) is 3. The second kappa shape index (κ2) is 19.9. The molecule has 0 spiro atoms. The summed E-state index contributed by atoms with van der Waals surface area (Å²) >= 11 is 4.24. The number of aromatic hydroxyl groups is 1. The third-order valence-corrected chi connectivity index (χ3v) is 3.47. The predicted molar refractivity (Wildman–Crippen MR) is 145 cm³/mol. The fourth-order valence-electron chi connectivity index (χ4n) is 2.07. The summed E-state index contributed by atoms with van der Waals surface area (Å²) in [7, 11) is 0. The lowest BCUT2D eigenvalue weighted by molar-refractivity contribution is 0.474. The fraction of sp³-hybridized carbons (Fsp3) is 0.292. The van der Waals surface area contributed by atoms with E-state index in [0.717, 1.165) is 24.1 Å². The summed E-state index contributed by atoms with van der Waals surface area (Å²) in [6.07, 6.45) is 7.46. The van der Waals surface area contributed by atoms with E-state index in [0.29, 0.717) is 11.6 Å². The molecule has 0 aliphatic heterocycles. The summed E-state index contributed by atoms with van der Waals surface area (Å²) in [4.78, 5) is 4.29. The molecule has 1 N–H and O–H groups in total. The van der Waals surface area contributed by atoms with Gasteiger partial charge in [-0.05, 0) is 42.2 Å². The summed E-state index contributed by atoms with van der Waals surface area (Å²) < 4.78 is 5.28. The summed E-state index contributed by atoms with van der Waals surface area (Å²) in [5.74, 6) is 1.02.